The molecule has 1 fully saturated rings. The lowest BCUT2D eigenvalue weighted by molar-refractivity contribution is -0.119. The fourth-order valence-corrected chi connectivity index (χ4v) is 1.55. The van der Waals surface area contributed by atoms with Gasteiger partial charge in [-0.1, -0.05) is 0 Å². The van der Waals surface area contributed by atoms with Crippen molar-refractivity contribution in [3.8, 4) is 0 Å². The predicted molar refractivity (Wildman–Crippen MR) is 49.3 cm³/mol. The lowest BCUT2D eigenvalue weighted by Crippen LogP contribution is -2.35. The minimum atomic E-state index is 0.208. The minimum absolute atomic E-state index is 0.208. The molecule has 2 heterocycles. The van der Waals surface area contributed by atoms with Crippen LogP contribution in [0.25, 0.3) is 0 Å². The number of pyridine rings is 1. The zero-order chi connectivity index (χ0) is 9.10. The van der Waals surface area contributed by atoms with Crippen molar-refractivity contribution in [1.29, 1.82) is 0 Å². The van der Waals surface area contributed by atoms with Gasteiger partial charge in [-0.15, -0.1) is 0 Å². The molecule has 3 nitrogen and oxygen atoms in total. The summed E-state index contributed by atoms with van der Waals surface area (Å²) in [6.45, 7) is 0.824. The van der Waals surface area contributed by atoms with Crippen LogP contribution in [0.3, 0.4) is 0 Å². The molecule has 67 valence electrons. The van der Waals surface area contributed by atoms with E-state index in [4.69, 9.17) is 0 Å². The van der Waals surface area contributed by atoms with Gasteiger partial charge in [0.15, 0.2) is 0 Å². The summed E-state index contributed by atoms with van der Waals surface area (Å²) < 4.78 is 0. The quantitative estimate of drug-likeness (QED) is 0.646. The first-order valence-electron chi connectivity index (χ1n) is 4.50. The molecule has 0 aromatic carbocycles. The number of amides is 1. The van der Waals surface area contributed by atoms with Crippen LogP contribution < -0.4 is 4.90 Å². The zero-order valence-electron chi connectivity index (χ0n) is 7.36. The van der Waals surface area contributed by atoms with Gasteiger partial charge < -0.3 is 4.90 Å². The van der Waals surface area contributed by atoms with E-state index in [0.29, 0.717) is 6.42 Å². The molecule has 1 amide bonds. The van der Waals surface area contributed by atoms with Crippen LogP contribution in [0.2, 0.25) is 0 Å². The standard InChI is InChI=1S/C10H11N2O/c13-10-5-1-2-7-12(10)9-4-3-6-11-8-9/h3-4,8H,1-2,5,7H2. The number of carbonyl (C=O) groups is 1. The van der Waals surface area contributed by atoms with Crippen LogP contribution >= 0.6 is 0 Å². The second-order valence-electron chi connectivity index (χ2n) is 3.15. The maximum atomic E-state index is 11.5. The Hall–Kier alpha value is -1.38. The molecule has 0 atom stereocenters. The molecule has 13 heavy (non-hydrogen) atoms. The molecule has 0 spiro atoms. The van der Waals surface area contributed by atoms with Crippen LogP contribution in [0.1, 0.15) is 19.3 Å². The monoisotopic (exact) mass is 175 g/mol. The topological polar surface area (TPSA) is 33.2 Å². The normalized spacial score (nSPS) is 17.5. The summed E-state index contributed by atoms with van der Waals surface area (Å²) in [6, 6.07) is 3.60. The molecule has 0 bridgehead atoms. The Morgan fingerprint density at radius 3 is 3.08 bits per heavy atom. The first kappa shape index (κ1) is 8.23. The average molecular weight is 175 g/mol. The van der Waals surface area contributed by atoms with Crippen LogP contribution in [-0.4, -0.2) is 17.4 Å². The number of anilines is 1. The van der Waals surface area contributed by atoms with E-state index < -0.39 is 0 Å². The van der Waals surface area contributed by atoms with Gasteiger partial charge in [0, 0.05) is 13.0 Å². The zero-order valence-corrected chi connectivity index (χ0v) is 7.36. The summed E-state index contributed by atoms with van der Waals surface area (Å²) in [6.07, 6.45) is 7.15. The Labute approximate surface area is 77.4 Å². The summed E-state index contributed by atoms with van der Waals surface area (Å²) in [7, 11) is 0. The van der Waals surface area contributed by atoms with Crippen molar-refractivity contribution in [3.63, 3.8) is 0 Å². The summed E-state index contributed by atoms with van der Waals surface area (Å²) in [5.41, 5.74) is 0.892. The van der Waals surface area contributed by atoms with Crippen molar-refractivity contribution in [2.45, 2.75) is 19.3 Å². The second-order valence-corrected chi connectivity index (χ2v) is 3.15. The summed E-state index contributed by atoms with van der Waals surface area (Å²) in [4.78, 5) is 17.2. The molecule has 0 aliphatic carbocycles. The van der Waals surface area contributed by atoms with Crippen molar-refractivity contribution in [2.24, 2.45) is 0 Å². The number of carbonyl (C=O) groups excluding carboxylic acids is 1. The molecule has 1 aromatic rings. The smallest absolute Gasteiger partial charge is 0.227 e. The number of hydrogen-bond acceptors (Lipinski definition) is 2. The van der Waals surface area contributed by atoms with Gasteiger partial charge in [-0.05, 0) is 25.0 Å². The Bertz CT molecular complexity index is 297. The van der Waals surface area contributed by atoms with Gasteiger partial charge in [0.2, 0.25) is 5.91 Å². The number of hydrogen-bond donors (Lipinski definition) is 0. The molecule has 0 N–H and O–H groups in total. The Balaban J connectivity index is 2.20. The summed E-state index contributed by atoms with van der Waals surface area (Å²) >= 11 is 0. The van der Waals surface area contributed by atoms with Crippen molar-refractivity contribution < 1.29 is 4.79 Å². The lowest BCUT2D eigenvalue weighted by atomic mass is 10.1. The van der Waals surface area contributed by atoms with E-state index in [9.17, 15) is 4.79 Å². The van der Waals surface area contributed by atoms with Gasteiger partial charge in [-0.2, -0.15) is 0 Å². The Kier molecular flexibility index (Phi) is 2.25. The van der Waals surface area contributed by atoms with Gasteiger partial charge in [-0.3, -0.25) is 9.78 Å². The minimum Gasteiger partial charge on any atom is -0.311 e. The molecular formula is C10H11N2O. The van der Waals surface area contributed by atoms with Gasteiger partial charge in [0.05, 0.1) is 18.1 Å². The van der Waals surface area contributed by atoms with E-state index >= 15 is 0 Å². The van der Waals surface area contributed by atoms with Crippen LogP contribution in [0, 0.1) is 6.20 Å². The highest BCUT2D eigenvalue weighted by Gasteiger charge is 2.18. The first-order chi connectivity index (χ1) is 6.38. The maximum absolute atomic E-state index is 11.5. The number of nitrogens with zero attached hydrogens (tertiary/aromatic N) is 2. The van der Waals surface area contributed by atoms with Gasteiger partial charge in [0.25, 0.3) is 0 Å². The first-order valence-corrected chi connectivity index (χ1v) is 4.50. The maximum Gasteiger partial charge on any atom is 0.227 e. The van der Waals surface area contributed by atoms with E-state index in [1.54, 1.807) is 17.2 Å². The third-order valence-corrected chi connectivity index (χ3v) is 2.24. The molecule has 1 aliphatic rings. The third kappa shape index (κ3) is 1.69. The Morgan fingerprint density at radius 2 is 2.38 bits per heavy atom. The van der Waals surface area contributed by atoms with Crippen LogP contribution in [-0.2, 0) is 4.79 Å². The van der Waals surface area contributed by atoms with Gasteiger partial charge in [0.1, 0.15) is 0 Å². The highest BCUT2D eigenvalue weighted by atomic mass is 16.2. The van der Waals surface area contributed by atoms with Crippen LogP contribution in [0.5, 0.6) is 0 Å². The van der Waals surface area contributed by atoms with Gasteiger partial charge >= 0.3 is 0 Å². The fourth-order valence-electron chi connectivity index (χ4n) is 1.55. The average Bonchev–Trinajstić information content (AvgIpc) is 2.20. The molecule has 3 heteroatoms. The van der Waals surface area contributed by atoms with E-state index in [0.717, 1.165) is 25.1 Å². The molecular weight excluding hydrogens is 164 g/mol. The SMILES string of the molecule is O=C1CCCCN1c1cc[c]nc1. The molecule has 1 aliphatic heterocycles. The highest BCUT2D eigenvalue weighted by molar-refractivity contribution is 5.93. The summed E-state index contributed by atoms with van der Waals surface area (Å²) in [5, 5.41) is 0. The number of aromatic nitrogens is 1. The van der Waals surface area contributed by atoms with Crippen molar-refractivity contribution in [2.75, 3.05) is 11.4 Å². The molecule has 1 saturated heterocycles. The van der Waals surface area contributed by atoms with E-state index in [1.165, 1.54) is 0 Å². The molecule has 1 aromatic heterocycles. The van der Waals surface area contributed by atoms with Crippen molar-refractivity contribution in [1.82, 2.24) is 4.98 Å². The van der Waals surface area contributed by atoms with Crippen LogP contribution in [0.4, 0.5) is 5.69 Å². The predicted octanol–water partition coefficient (Wildman–Crippen LogP) is 1.40. The molecule has 1 radical (unpaired) electrons. The number of piperidine rings is 1. The second kappa shape index (κ2) is 3.56. The van der Waals surface area contributed by atoms with Crippen molar-refractivity contribution in [3.05, 3.63) is 24.5 Å². The summed E-state index contributed by atoms with van der Waals surface area (Å²) in [5.74, 6) is 0.208. The van der Waals surface area contributed by atoms with Crippen molar-refractivity contribution >= 4 is 11.6 Å². The molecule has 0 saturated carbocycles. The van der Waals surface area contributed by atoms with E-state index in [1.807, 2.05) is 6.07 Å². The number of rotatable bonds is 1. The lowest BCUT2D eigenvalue weighted by Gasteiger charge is -2.26. The third-order valence-electron chi connectivity index (χ3n) is 2.24. The molecule has 0 unspecified atom stereocenters. The van der Waals surface area contributed by atoms with Crippen LogP contribution in [0.15, 0.2) is 18.3 Å². The highest BCUT2D eigenvalue weighted by Crippen LogP contribution is 2.18. The fraction of sp³-hybridized carbons (Fsp3) is 0.400. The molecule has 2 rings (SSSR count). The van der Waals surface area contributed by atoms with Gasteiger partial charge in [-0.25, -0.2) is 0 Å². The van der Waals surface area contributed by atoms with E-state index in [-0.39, 0.29) is 5.91 Å². The Morgan fingerprint density at radius 1 is 1.46 bits per heavy atom. The largest absolute Gasteiger partial charge is 0.311 e. The van der Waals surface area contributed by atoms with E-state index in [2.05, 4.69) is 11.2 Å².